The van der Waals surface area contributed by atoms with E-state index in [-0.39, 0.29) is 11.9 Å². The van der Waals surface area contributed by atoms with Gasteiger partial charge >= 0.3 is 11.9 Å². The summed E-state index contributed by atoms with van der Waals surface area (Å²) in [6.45, 7) is 3.06. The molecule has 0 radical (unpaired) electrons. The van der Waals surface area contributed by atoms with Crippen LogP contribution in [0.4, 0.5) is 0 Å². The highest BCUT2D eigenvalue weighted by Gasteiger charge is 2.19. The zero-order chi connectivity index (χ0) is 23.2. The van der Waals surface area contributed by atoms with Crippen LogP contribution < -0.4 is 5.32 Å². The molecule has 7 heteroatoms. The summed E-state index contributed by atoms with van der Waals surface area (Å²) >= 11 is 0. The Morgan fingerprint density at radius 2 is 1.38 bits per heavy atom. The molecule has 0 atom stereocenters. The molecule has 2 aromatic carbocycles. The van der Waals surface area contributed by atoms with Crippen molar-refractivity contribution in [3.8, 4) is 0 Å². The molecule has 3 rings (SSSR count). The van der Waals surface area contributed by atoms with E-state index in [0.717, 1.165) is 38.0 Å². The Kier molecular flexibility index (Phi) is 10.4. The van der Waals surface area contributed by atoms with Gasteiger partial charge in [0.05, 0.1) is 0 Å². The first kappa shape index (κ1) is 24.6. The van der Waals surface area contributed by atoms with Crippen LogP contribution in [0, 0.1) is 0 Å². The molecule has 0 saturated carbocycles. The van der Waals surface area contributed by atoms with Crippen LogP contribution in [0.2, 0.25) is 0 Å². The molecule has 1 aliphatic rings. The van der Waals surface area contributed by atoms with Crippen LogP contribution in [0.15, 0.2) is 78.9 Å². The Morgan fingerprint density at radius 1 is 0.844 bits per heavy atom. The molecule has 1 aliphatic heterocycles. The topological polar surface area (TPSA) is 107 Å². The van der Waals surface area contributed by atoms with E-state index in [1.54, 1.807) is 6.08 Å². The molecule has 0 unspecified atom stereocenters. The number of likely N-dealkylation sites (tertiary alicyclic amines) is 1. The van der Waals surface area contributed by atoms with E-state index in [0.29, 0.717) is 12.2 Å². The molecule has 32 heavy (non-hydrogen) atoms. The standard InChI is InChI=1S/C21H24N2O.C4H4O4/c24-21(12-11-18-7-3-1-4-8-18)22-20-13-15-23(16-14-20)17-19-9-5-2-6-10-19;5-3(6)1-2-4(7)8/h1-12,20H,13-17H2,(H,22,24);1-2H,(H,5,6)(H,7,8)/b12-11+;2-1+. The summed E-state index contributed by atoms with van der Waals surface area (Å²) in [6.07, 6.45) is 6.63. The van der Waals surface area contributed by atoms with Gasteiger partial charge in [-0.05, 0) is 30.0 Å². The largest absolute Gasteiger partial charge is 0.478 e. The van der Waals surface area contributed by atoms with E-state index >= 15 is 0 Å². The second-order valence-corrected chi connectivity index (χ2v) is 7.30. The van der Waals surface area contributed by atoms with Crippen molar-refractivity contribution in [1.29, 1.82) is 0 Å². The Bertz CT molecular complexity index is 902. The lowest BCUT2D eigenvalue weighted by atomic mass is 10.0. The molecule has 3 N–H and O–H groups in total. The summed E-state index contributed by atoms with van der Waals surface area (Å²) in [5, 5.41) is 18.7. The molecule has 0 aromatic heterocycles. The van der Waals surface area contributed by atoms with Crippen LogP contribution in [0.3, 0.4) is 0 Å². The lowest BCUT2D eigenvalue weighted by Crippen LogP contribution is -2.43. The highest BCUT2D eigenvalue weighted by Crippen LogP contribution is 2.14. The lowest BCUT2D eigenvalue weighted by Gasteiger charge is -2.32. The average Bonchev–Trinajstić information content (AvgIpc) is 2.79. The third-order valence-corrected chi connectivity index (χ3v) is 4.78. The van der Waals surface area contributed by atoms with E-state index in [2.05, 4.69) is 34.5 Å². The Balaban J connectivity index is 0.000000390. The third-order valence-electron chi connectivity index (χ3n) is 4.78. The van der Waals surface area contributed by atoms with Crippen LogP contribution in [0.1, 0.15) is 24.0 Å². The molecule has 2 aromatic rings. The van der Waals surface area contributed by atoms with Gasteiger partial charge in [-0.1, -0.05) is 60.7 Å². The maximum Gasteiger partial charge on any atom is 0.328 e. The average molecular weight is 437 g/mol. The molecule has 1 fully saturated rings. The fraction of sp³-hybridized carbons (Fsp3) is 0.240. The van der Waals surface area contributed by atoms with E-state index in [1.807, 2.05) is 42.5 Å². The summed E-state index contributed by atoms with van der Waals surface area (Å²) in [5.41, 5.74) is 2.40. The van der Waals surface area contributed by atoms with Gasteiger partial charge in [-0.3, -0.25) is 9.69 Å². The van der Waals surface area contributed by atoms with Crippen LogP contribution in [-0.2, 0) is 20.9 Å². The number of aliphatic carboxylic acids is 2. The zero-order valence-corrected chi connectivity index (χ0v) is 17.8. The summed E-state index contributed by atoms with van der Waals surface area (Å²) < 4.78 is 0. The molecule has 0 aliphatic carbocycles. The second-order valence-electron chi connectivity index (χ2n) is 7.30. The normalized spacial score (nSPS) is 14.6. The molecule has 168 valence electrons. The molecule has 1 heterocycles. The van der Waals surface area contributed by atoms with Gasteiger partial charge in [0.1, 0.15) is 0 Å². The summed E-state index contributed by atoms with van der Waals surface area (Å²) in [5.74, 6) is -2.51. The molecule has 0 bridgehead atoms. The van der Waals surface area contributed by atoms with Gasteiger partial charge in [-0.2, -0.15) is 0 Å². The molecule has 1 amide bonds. The summed E-state index contributed by atoms with van der Waals surface area (Å²) in [7, 11) is 0. The number of hydrogen-bond donors (Lipinski definition) is 3. The molecule has 7 nitrogen and oxygen atoms in total. The number of carbonyl (C=O) groups excluding carboxylic acids is 1. The maximum absolute atomic E-state index is 12.0. The van der Waals surface area contributed by atoms with Gasteiger partial charge in [-0.15, -0.1) is 0 Å². The zero-order valence-electron chi connectivity index (χ0n) is 17.8. The van der Waals surface area contributed by atoms with Gasteiger partial charge in [0.25, 0.3) is 0 Å². The highest BCUT2D eigenvalue weighted by molar-refractivity contribution is 5.92. The number of piperidine rings is 1. The number of hydrogen-bond acceptors (Lipinski definition) is 4. The fourth-order valence-corrected chi connectivity index (χ4v) is 3.20. The first-order valence-electron chi connectivity index (χ1n) is 10.4. The van der Waals surface area contributed by atoms with Crippen molar-refractivity contribution >= 4 is 23.9 Å². The maximum atomic E-state index is 12.0. The van der Waals surface area contributed by atoms with Crippen LogP contribution in [-0.4, -0.2) is 52.1 Å². The minimum atomic E-state index is -1.26. The SMILES string of the molecule is O=C(/C=C/c1ccccc1)NC1CCN(Cc2ccccc2)CC1.O=C(O)/C=C/C(=O)O. The number of benzene rings is 2. The van der Waals surface area contributed by atoms with Gasteiger partial charge in [0, 0.05) is 43.9 Å². The van der Waals surface area contributed by atoms with Crippen molar-refractivity contribution in [1.82, 2.24) is 10.2 Å². The van der Waals surface area contributed by atoms with E-state index < -0.39 is 11.9 Å². The van der Waals surface area contributed by atoms with Crippen molar-refractivity contribution in [2.75, 3.05) is 13.1 Å². The number of nitrogens with one attached hydrogen (secondary N) is 1. The van der Waals surface area contributed by atoms with Crippen molar-refractivity contribution in [2.45, 2.75) is 25.4 Å². The monoisotopic (exact) mass is 436 g/mol. The third kappa shape index (κ3) is 10.4. The van der Waals surface area contributed by atoms with Crippen LogP contribution in [0.25, 0.3) is 6.08 Å². The van der Waals surface area contributed by atoms with Crippen molar-refractivity contribution in [2.24, 2.45) is 0 Å². The van der Waals surface area contributed by atoms with Gasteiger partial charge in [0.2, 0.25) is 5.91 Å². The number of carboxylic acids is 2. The molecule has 1 saturated heterocycles. The van der Waals surface area contributed by atoms with E-state index in [9.17, 15) is 14.4 Å². The smallest absolute Gasteiger partial charge is 0.328 e. The lowest BCUT2D eigenvalue weighted by molar-refractivity contribution is -0.134. The number of amides is 1. The van der Waals surface area contributed by atoms with Crippen molar-refractivity contribution in [3.63, 3.8) is 0 Å². The summed E-state index contributed by atoms with van der Waals surface area (Å²) in [4.78, 5) is 33.6. The summed E-state index contributed by atoms with van der Waals surface area (Å²) in [6, 6.07) is 20.7. The van der Waals surface area contributed by atoms with E-state index in [1.165, 1.54) is 5.56 Å². The fourth-order valence-electron chi connectivity index (χ4n) is 3.20. The minimum Gasteiger partial charge on any atom is -0.478 e. The molecular weight excluding hydrogens is 408 g/mol. The minimum absolute atomic E-state index is 0.000336. The first-order valence-corrected chi connectivity index (χ1v) is 10.4. The van der Waals surface area contributed by atoms with E-state index in [4.69, 9.17) is 10.2 Å². The van der Waals surface area contributed by atoms with Gasteiger partial charge in [0.15, 0.2) is 0 Å². The predicted molar refractivity (Wildman–Crippen MR) is 123 cm³/mol. The van der Waals surface area contributed by atoms with Crippen molar-refractivity contribution < 1.29 is 24.6 Å². The quantitative estimate of drug-likeness (QED) is 0.576. The molecular formula is C25H28N2O5. The predicted octanol–water partition coefficient (Wildman–Crippen LogP) is 3.19. The Hall–Kier alpha value is -3.71. The second kappa shape index (κ2) is 13.6. The van der Waals surface area contributed by atoms with Crippen molar-refractivity contribution in [3.05, 3.63) is 90.0 Å². The Morgan fingerprint density at radius 3 is 1.91 bits per heavy atom. The highest BCUT2D eigenvalue weighted by atomic mass is 16.4. The number of rotatable bonds is 7. The Labute approximate surface area is 187 Å². The van der Waals surface area contributed by atoms with Crippen LogP contribution >= 0.6 is 0 Å². The number of carbonyl (C=O) groups is 3. The van der Waals surface area contributed by atoms with Crippen LogP contribution in [0.5, 0.6) is 0 Å². The van der Waals surface area contributed by atoms with Gasteiger partial charge < -0.3 is 15.5 Å². The molecule has 0 spiro atoms. The van der Waals surface area contributed by atoms with Gasteiger partial charge in [-0.25, -0.2) is 9.59 Å². The number of carboxylic acid groups (broad SMARTS) is 2. The first-order chi connectivity index (χ1) is 15.4. The number of nitrogens with zero attached hydrogens (tertiary/aromatic N) is 1.